The van der Waals surface area contributed by atoms with Gasteiger partial charge in [0.05, 0.1) is 11.3 Å². The molecule has 3 N–H and O–H groups in total. The molecule has 1 amide bonds. The van der Waals surface area contributed by atoms with Crippen LogP contribution in [0.15, 0.2) is 22.7 Å². The maximum atomic E-state index is 12.1. The van der Waals surface area contributed by atoms with Gasteiger partial charge in [-0.1, -0.05) is 15.9 Å². The summed E-state index contributed by atoms with van der Waals surface area (Å²) in [4.78, 5) is 12.1. The molecule has 0 spiro atoms. The maximum Gasteiger partial charge on any atom is 0.253 e. The molecule has 0 aliphatic rings. The predicted molar refractivity (Wildman–Crippen MR) is 82.4 cm³/mol. The molecule has 0 bridgehead atoms. The van der Waals surface area contributed by atoms with E-state index in [2.05, 4.69) is 26.3 Å². The zero-order chi connectivity index (χ0) is 14.9. The number of hydrogen-bond donors (Lipinski definition) is 2. The molecule has 0 fully saturated rings. The van der Waals surface area contributed by atoms with Gasteiger partial charge in [-0.05, 0) is 32.0 Å². The van der Waals surface area contributed by atoms with Crippen LogP contribution in [0, 0.1) is 13.8 Å². The predicted octanol–water partition coefficient (Wildman–Crippen LogP) is 2.31. The van der Waals surface area contributed by atoms with Gasteiger partial charge in [-0.3, -0.25) is 9.48 Å². The molecule has 2 rings (SSSR count). The highest BCUT2D eigenvalue weighted by molar-refractivity contribution is 9.10. The summed E-state index contributed by atoms with van der Waals surface area (Å²) in [6.45, 7) is 4.36. The van der Waals surface area contributed by atoms with Crippen molar-refractivity contribution in [2.45, 2.75) is 20.4 Å². The minimum absolute atomic E-state index is 0.183. The first-order valence-electron chi connectivity index (χ1n) is 6.22. The second-order valence-electron chi connectivity index (χ2n) is 4.69. The Bertz CT molecular complexity index is 663. The molecule has 20 heavy (non-hydrogen) atoms. The monoisotopic (exact) mass is 336 g/mol. The molecule has 2 aromatic rings. The summed E-state index contributed by atoms with van der Waals surface area (Å²) in [5.74, 6) is -0.183. The average molecular weight is 337 g/mol. The van der Waals surface area contributed by atoms with Crippen LogP contribution in [-0.2, 0) is 13.6 Å². The molecule has 1 aromatic heterocycles. The summed E-state index contributed by atoms with van der Waals surface area (Å²) in [5.41, 5.74) is 9.79. The van der Waals surface area contributed by atoms with Gasteiger partial charge < -0.3 is 11.1 Å². The smallest absolute Gasteiger partial charge is 0.253 e. The molecular formula is C14H17BrN4O. The van der Waals surface area contributed by atoms with Crippen LogP contribution in [0.3, 0.4) is 0 Å². The number of anilines is 1. The number of nitrogens with two attached hydrogens (primary N) is 1. The van der Waals surface area contributed by atoms with Gasteiger partial charge in [0, 0.05) is 35.0 Å². The number of aromatic nitrogens is 2. The van der Waals surface area contributed by atoms with Gasteiger partial charge >= 0.3 is 0 Å². The fourth-order valence-corrected chi connectivity index (χ4v) is 2.46. The number of benzene rings is 1. The van der Waals surface area contributed by atoms with Crippen LogP contribution >= 0.6 is 15.9 Å². The first-order valence-corrected chi connectivity index (χ1v) is 7.01. The number of carbonyl (C=O) groups is 1. The summed E-state index contributed by atoms with van der Waals surface area (Å²) < 4.78 is 2.66. The Labute approximate surface area is 126 Å². The molecule has 0 aliphatic carbocycles. The lowest BCUT2D eigenvalue weighted by Gasteiger charge is -2.08. The van der Waals surface area contributed by atoms with E-state index < -0.39 is 0 Å². The van der Waals surface area contributed by atoms with Crippen LogP contribution in [0.25, 0.3) is 0 Å². The van der Waals surface area contributed by atoms with Crippen molar-refractivity contribution in [2.24, 2.45) is 7.05 Å². The second-order valence-corrected chi connectivity index (χ2v) is 5.60. The van der Waals surface area contributed by atoms with Crippen LogP contribution < -0.4 is 11.1 Å². The number of aryl methyl sites for hydroxylation is 2. The first kappa shape index (κ1) is 14.6. The summed E-state index contributed by atoms with van der Waals surface area (Å²) >= 11 is 3.32. The number of hydrogen-bond acceptors (Lipinski definition) is 3. The van der Waals surface area contributed by atoms with E-state index in [4.69, 9.17) is 5.73 Å². The SMILES string of the molecule is Cc1nn(C)c(C)c1CNC(=O)c1ccc(Br)cc1N. The second kappa shape index (κ2) is 5.66. The summed E-state index contributed by atoms with van der Waals surface area (Å²) in [6.07, 6.45) is 0. The Balaban J connectivity index is 2.12. The van der Waals surface area contributed by atoms with E-state index in [1.807, 2.05) is 25.6 Å². The standard InChI is InChI=1S/C14H17BrN4O/c1-8-12(9(2)19(3)18-8)7-17-14(20)11-5-4-10(15)6-13(11)16/h4-6H,7,16H2,1-3H3,(H,17,20). The van der Waals surface area contributed by atoms with Crippen molar-refractivity contribution in [1.29, 1.82) is 0 Å². The van der Waals surface area contributed by atoms with E-state index in [0.717, 1.165) is 21.4 Å². The van der Waals surface area contributed by atoms with E-state index in [0.29, 0.717) is 17.8 Å². The van der Waals surface area contributed by atoms with E-state index in [1.54, 1.807) is 18.2 Å². The van der Waals surface area contributed by atoms with E-state index >= 15 is 0 Å². The largest absolute Gasteiger partial charge is 0.398 e. The number of nitrogens with one attached hydrogen (secondary N) is 1. The van der Waals surface area contributed by atoms with Gasteiger partial charge in [0.25, 0.3) is 5.91 Å². The highest BCUT2D eigenvalue weighted by Gasteiger charge is 2.13. The minimum Gasteiger partial charge on any atom is -0.398 e. The van der Waals surface area contributed by atoms with Crippen molar-refractivity contribution in [2.75, 3.05) is 5.73 Å². The van der Waals surface area contributed by atoms with Crippen LogP contribution in [0.5, 0.6) is 0 Å². The first-order chi connectivity index (χ1) is 9.40. The number of rotatable bonds is 3. The molecule has 0 saturated heterocycles. The fraction of sp³-hybridized carbons (Fsp3) is 0.286. The van der Waals surface area contributed by atoms with Gasteiger partial charge in [-0.2, -0.15) is 5.10 Å². The summed E-state index contributed by atoms with van der Waals surface area (Å²) in [7, 11) is 1.89. The summed E-state index contributed by atoms with van der Waals surface area (Å²) in [5, 5.41) is 7.21. The lowest BCUT2D eigenvalue weighted by Crippen LogP contribution is -2.24. The topological polar surface area (TPSA) is 72.9 Å². The molecule has 1 heterocycles. The molecule has 0 saturated carbocycles. The van der Waals surface area contributed by atoms with Crippen LogP contribution in [0.2, 0.25) is 0 Å². The normalized spacial score (nSPS) is 10.6. The number of nitrogens with zero attached hydrogens (tertiary/aromatic N) is 2. The van der Waals surface area contributed by atoms with Crippen LogP contribution in [0.4, 0.5) is 5.69 Å². The summed E-state index contributed by atoms with van der Waals surface area (Å²) in [6, 6.07) is 5.22. The molecule has 0 atom stereocenters. The Kier molecular flexibility index (Phi) is 4.13. The molecule has 5 nitrogen and oxygen atoms in total. The molecule has 0 unspecified atom stereocenters. The highest BCUT2D eigenvalue weighted by Crippen LogP contribution is 2.19. The van der Waals surface area contributed by atoms with Crippen molar-refractivity contribution in [1.82, 2.24) is 15.1 Å². The molecule has 0 aliphatic heterocycles. The van der Waals surface area contributed by atoms with Gasteiger partial charge in [0.1, 0.15) is 0 Å². The number of halogens is 1. The molecular weight excluding hydrogens is 320 g/mol. The Morgan fingerprint density at radius 2 is 2.15 bits per heavy atom. The van der Waals surface area contributed by atoms with Gasteiger partial charge in [0.2, 0.25) is 0 Å². The van der Waals surface area contributed by atoms with E-state index in [1.165, 1.54) is 0 Å². The fourth-order valence-electron chi connectivity index (χ4n) is 2.08. The number of nitrogen functional groups attached to an aromatic ring is 1. The van der Waals surface area contributed by atoms with Gasteiger partial charge in [-0.25, -0.2) is 0 Å². The van der Waals surface area contributed by atoms with Gasteiger partial charge in [-0.15, -0.1) is 0 Å². The van der Waals surface area contributed by atoms with Crippen LogP contribution in [0.1, 0.15) is 27.3 Å². The molecule has 1 aromatic carbocycles. The Morgan fingerprint density at radius 3 is 2.70 bits per heavy atom. The quantitative estimate of drug-likeness (QED) is 0.844. The third-order valence-electron chi connectivity index (χ3n) is 3.34. The lowest BCUT2D eigenvalue weighted by molar-refractivity contribution is 0.0951. The zero-order valence-electron chi connectivity index (χ0n) is 11.7. The molecule has 6 heteroatoms. The van der Waals surface area contributed by atoms with Gasteiger partial charge in [0.15, 0.2) is 0 Å². The van der Waals surface area contributed by atoms with Crippen molar-refractivity contribution >= 4 is 27.5 Å². The van der Waals surface area contributed by atoms with Crippen LogP contribution in [-0.4, -0.2) is 15.7 Å². The highest BCUT2D eigenvalue weighted by atomic mass is 79.9. The van der Waals surface area contributed by atoms with Crippen molar-refractivity contribution in [3.63, 3.8) is 0 Å². The Hall–Kier alpha value is -1.82. The third-order valence-corrected chi connectivity index (χ3v) is 3.84. The van der Waals surface area contributed by atoms with Crippen molar-refractivity contribution in [3.8, 4) is 0 Å². The number of carbonyl (C=O) groups excluding carboxylic acids is 1. The lowest BCUT2D eigenvalue weighted by atomic mass is 10.1. The molecule has 106 valence electrons. The molecule has 0 radical (unpaired) electrons. The maximum absolute atomic E-state index is 12.1. The van der Waals surface area contributed by atoms with Crippen molar-refractivity contribution < 1.29 is 4.79 Å². The van der Waals surface area contributed by atoms with E-state index in [9.17, 15) is 4.79 Å². The Morgan fingerprint density at radius 1 is 1.45 bits per heavy atom. The average Bonchev–Trinajstić information content (AvgIpc) is 2.61. The third kappa shape index (κ3) is 2.85. The zero-order valence-corrected chi connectivity index (χ0v) is 13.3. The minimum atomic E-state index is -0.183. The van der Waals surface area contributed by atoms with E-state index in [-0.39, 0.29) is 5.91 Å². The van der Waals surface area contributed by atoms with Crippen molar-refractivity contribution in [3.05, 3.63) is 45.2 Å². The number of amides is 1.